The van der Waals surface area contributed by atoms with Gasteiger partial charge < -0.3 is 14.2 Å². The molecule has 4 aliphatic carbocycles. The molecule has 0 aliphatic heterocycles. The van der Waals surface area contributed by atoms with Crippen LogP contribution < -0.4 is 22.5 Å². The molecule has 0 bridgehead atoms. The maximum Gasteiger partial charge on any atom is 0.328 e. The third kappa shape index (κ3) is 8.54. The highest BCUT2D eigenvalue weighted by atomic mass is 16.6. The highest BCUT2D eigenvalue weighted by molar-refractivity contribution is 5.70. The second-order valence-electron chi connectivity index (χ2n) is 18.4. The lowest BCUT2D eigenvalue weighted by molar-refractivity contribution is -0.199. The van der Waals surface area contributed by atoms with Crippen LogP contribution >= 0.6 is 0 Å². The minimum atomic E-state index is -0.669. The molecule has 318 valence electrons. The number of hydrogen-bond acceptors (Lipinski definition) is 10. The van der Waals surface area contributed by atoms with Crippen molar-refractivity contribution in [3.05, 3.63) is 101 Å². The van der Waals surface area contributed by atoms with Gasteiger partial charge in [0.05, 0.1) is 0 Å². The first kappa shape index (κ1) is 42.1. The summed E-state index contributed by atoms with van der Waals surface area (Å²) in [5.74, 6) is 0.261. The summed E-state index contributed by atoms with van der Waals surface area (Å²) in [7, 11) is 0. The van der Waals surface area contributed by atoms with Crippen LogP contribution in [0, 0.1) is 60.2 Å². The Morgan fingerprint density at radius 3 is 2.05 bits per heavy atom. The van der Waals surface area contributed by atoms with Crippen LogP contribution in [-0.4, -0.2) is 49.2 Å². The zero-order valence-electron chi connectivity index (χ0n) is 34.8. The van der Waals surface area contributed by atoms with E-state index >= 15 is 0 Å². The van der Waals surface area contributed by atoms with Crippen LogP contribution in [0.1, 0.15) is 102 Å². The van der Waals surface area contributed by atoms with E-state index in [1.165, 1.54) is 21.5 Å². The van der Waals surface area contributed by atoms with Gasteiger partial charge >= 0.3 is 29.3 Å². The van der Waals surface area contributed by atoms with Crippen molar-refractivity contribution >= 4 is 17.9 Å². The first-order valence-electron chi connectivity index (χ1n) is 21.3. The fourth-order valence-electron chi connectivity index (χ4n) is 11.9. The average molecular weight is 815 g/mol. The van der Waals surface area contributed by atoms with Crippen LogP contribution in [0.4, 0.5) is 0 Å². The van der Waals surface area contributed by atoms with Gasteiger partial charge in [-0.3, -0.25) is 43.1 Å². The smallest absolute Gasteiger partial charge is 0.328 e. The Balaban J connectivity index is 1.08. The van der Waals surface area contributed by atoms with Gasteiger partial charge in [0.25, 0.3) is 11.1 Å². The molecule has 0 radical (unpaired) electrons. The number of nitrogens with one attached hydrogen (secondary N) is 2. The number of carbonyl (C=O) groups is 3. The number of hydrogen-bond donors (Lipinski definition) is 2. The van der Waals surface area contributed by atoms with Crippen molar-refractivity contribution in [1.29, 1.82) is 0 Å². The fourth-order valence-corrected chi connectivity index (χ4v) is 11.9. The van der Waals surface area contributed by atoms with E-state index in [0.717, 1.165) is 37.7 Å². The van der Waals surface area contributed by atoms with Crippen LogP contribution in [-0.2, 0) is 48.3 Å². The van der Waals surface area contributed by atoms with E-state index in [-0.39, 0.29) is 72.2 Å². The van der Waals surface area contributed by atoms with Gasteiger partial charge in [-0.25, -0.2) is 9.59 Å². The molecule has 3 aromatic rings. The molecule has 0 amide bonds. The van der Waals surface area contributed by atoms with Crippen LogP contribution in [0.15, 0.2) is 61.9 Å². The number of benzene rings is 1. The molecule has 4 aliphatic rings. The van der Waals surface area contributed by atoms with Crippen molar-refractivity contribution in [1.82, 2.24) is 19.1 Å². The molecule has 14 heteroatoms. The maximum atomic E-state index is 13.9. The summed E-state index contributed by atoms with van der Waals surface area (Å²) in [5, 5.41) is 0. The molecule has 7 rings (SSSR count). The SMILES string of the molecule is Cc1cn(CC(=O)O[C@@H]2CC[C@@]3(C)[C@H](CC[C@@H]4[C@@H]3C[C@H](OC(=O)Cn3cc(C)c(=O)[nH]c3=O)[C@]3(C)[C@@H]([C@H](C)CCC(=O)OCc5ccccc5)CC[C@@H]43)C2)c(=O)[nH]c1=O. The van der Waals surface area contributed by atoms with Crippen molar-refractivity contribution in [2.24, 2.45) is 46.3 Å². The minimum Gasteiger partial charge on any atom is -0.461 e. The Morgan fingerprint density at radius 2 is 1.41 bits per heavy atom. The minimum absolute atomic E-state index is 0.0933. The number of esters is 3. The molecule has 4 saturated carbocycles. The van der Waals surface area contributed by atoms with Crippen molar-refractivity contribution in [3.63, 3.8) is 0 Å². The molecule has 0 saturated heterocycles. The summed E-state index contributed by atoms with van der Waals surface area (Å²) in [6.07, 6.45) is 9.77. The van der Waals surface area contributed by atoms with E-state index in [9.17, 15) is 33.6 Å². The lowest BCUT2D eigenvalue weighted by Gasteiger charge is -2.62. The largest absolute Gasteiger partial charge is 0.461 e. The summed E-state index contributed by atoms with van der Waals surface area (Å²) >= 11 is 0. The number of aryl methyl sites for hydroxylation is 2. The number of ether oxygens (including phenoxy) is 3. The Morgan fingerprint density at radius 1 is 0.780 bits per heavy atom. The molecule has 2 heterocycles. The maximum absolute atomic E-state index is 13.9. The van der Waals surface area contributed by atoms with Gasteiger partial charge in [-0.05, 0) is 118 Å². The molecule has 14 nitrogen and oxygen atoms in total. The second kappa shape index (κ2) is 16.9. The van der Waals surface area contributed by atoms with Gasteiger partial charge in [-0.15, -0.1) is 0 Å². The first-order chi connectivity index (χ1) is 28.1. The number of H-pyrrole nitrogens is 2. The van der Waals surface area contributed by atoms with Gasteiger partial charge in [-0.1, -0.05) is 51.1 Å². The molecule has 2 N–H and O–H groups in total. The van der Waals surface area contributed by atoms with Crippen LogP contribution in [0.2, 0.25) is 0 Å². The number of carbonyl (C=O) groups excluding carboxylic acids is 3. The Bertz CT molecular complexity index is 2300. The number of rotatable bonds is 12. The number of aromatic nitrogens is 4. The van der Waals surface area contributed by atoms with E-state index in [1.807, 2.05) is 30.3 Å². The zero-order valence-corrected chi connectivity index (χ0v) is 34.8. The van der Waals surface area contributed by atoms with E-state index in [4.69, 9.17) is 14.2 Å². The molecular formula is C45H58N4O10. The molecule has 2 aromatic heterocycles. The van der Waals surface area contributed by atoms with Gasteiger partial charge in [-0.2, -0.15) is 0 Å². The topological polar surface area (TPSA) is 189 Å². The average Bonchev–Trinajstić information content (AvgIpc) is 3.56. The summed E-state index contributed by atoms with van der Waals surface area (Å²) in [6, 6.07) is 9.62. The van der Waals surface area contributed by atoms with E-state index < -0.39 is 40.5 Å². The number of fused-ring (bicyclic) bond motifs is 5. The summed E-state index contributed by atoms with van der Waals surface area (Å²) in [5.41, 5.74) is -1.18. The van der Waals surface area contributed by atoms with E-state index in [0.29, 0.717) is 49.1 Å². The standard InChI is InChI=1S/C45H58N4O10/c1-26(11-16-37(50)57-25-29-9-7-6-8-10-29)33-14-15-34-32-13-12-30-19-31(58-38(51)23-48-21-27(2)40(53)46-42(48)55)17-18-44(30,4)35(32)20-36(45(33,34)5)59-39(52)24-49-22-28(3)41(54)47-43(49)56/h6-10,21-22,26,30-36H,11-20,23-25H2,1-5H3,(H,46,53,55)(H,47,54,56)/t26-,30-,31-,32+,33-,34+,35+,36+,44+,45-/m1/s1. The fraction of sp³-hybridized carbons (Fsp3) is 0.622. The van der Waals surface area contributed by atoms with Crippen LogP contribution in [0.25, 0.3) is 0 Å². The number of aromatic amines is 2. The highest BCUT2D eigenvalue weighted by Crippen LogP contribution is 2.69. The summed E-state index contributed by atoms with van der Waals surface area (Å²) < 4.78 is 20.5. The lowest BCUT2D eigenvalue weighted by atomic mass is 9.43. The quantitative estimate of drug-likeness (QED) is 0.187. The molecule has 0 spiro atoms. The summed E-state index contributed by atoms with van der Waals surface area (Å²) in [4.78, 5) is 93.2. The monoisotopic (exact) mass is 814 g/mol. The summed E-state index contributed by atoms with van der Waals surface area (Å²) in [6.45, 7) is 9.62. The molecule has 1 aromatic carbocycles. The normalized spacial score (nSPS) is 30.3. The third-order valence-corrected chi connectivity index (χ3v) is 15.0. The predicted octanol–water partition coefficient (Wildman–Crippen LogP) is 4.96. The predicted molar refractivity (Wildman–Crippen MR) is 217 cm³/mol. The molecule has 10 atom stereocenters. The Labute approximate surface area is 343 Å². The van der Waals surface area contributed by atoms with Crippen LogP contribution in [0.5, 0.6) is 0 Å². The van der Waals surface area contributed by atoms with Crippen molar-refractivity contribution < 1.29 is 28.6 Å². The van der Waals surface area contributed by atoms with Crippen LogP contribution in [0.3, 0.4) is 0 Å². The third-order valence-electron chi connectivity index (χ3n) is 15.0. The number of nitrogens with zero attached hydrogens (tertiary/aromatic N) is 2. The van der Waals surface area contributed by atoms with E-state index in [2.05, 4.69) is 30.7 Å². The van der Waals surface area contributed by atoms with Crippen molar-refractivity contribution in [2.45, 2.75) is 131 Å². The molecule has 59 heavy (non-hydrogen) atoms. The van der Waals surface area contributed by atoms with Gasteiger partial charge in [0.1, 0.15) is 31.9 Å². The van der Waals surface area contributed by atoms with Gasteiger partial charge in [0.15, 0.2) is 0 Å². The van der Waals surface area contributed by atoms with Crippen molar-refractivity contribution in [3.8, 4) is 0 Å². The van der Waals surface area contributed by atoms with Gasteiger partial charge in [0.2, 0.25) is 0 Å². The van der Waals surface area contributed by atoms with E-state index in [1.54, 1.807) is 13.8 Å². The van der Waals surface area contributed by atoms with Crippen molar-refractivity contribution in [2.75, 3.05) is 0 Å². The van der Waals surface area contributed by atoms with Gasteiger partial charge in [0, 0.05) is 35.4 Å². The molecular weight excluding hydrogens is 757 g/mol. The lowest BCUT2D eigenvalue weighted by Crippen LogP contribution is -2.60. The Kier molecular flexibility index (Phi) is 12.1. The zero-order chi connectivity index (χ0) is 42.2. The second-order valence-corrected chi connectivity index (χ2v) is 18.4. The first-order valence-corrected chi connectivity index (χ1v) is 21.3. The Hall–Kier alpha value is -5.01. The molecule has 4 fully saturated rings. The molecule has 0 unspecified atom stereocenters. The highest BCUT2D eigenvalue weighted by Gasteiger charge is 2.65.